The average molecular weight is 233 g/mol. The highest BCUT2D eigenvalue weighted by Gasteiger charge is 2.22. The van der Waals surface area contributed by atoms with Gasteiger partial charge < -0.3 is 10.6 Å². The quantitative estimate of drug-likeness (QED) is 0.839. The predicted octanol–water partition coefficient (Wildman–Crippen LogP) is 2.14. The summed E-state index contributed by atoms with van der Waals surface area (Å²) in [6, 6.07) is 5.76. The van der Waals surface area contributed by atoms with Gasteiger partial charge in [0, 0.05) is 24.7 Å². The highest BCUT2D eigenvalue weighted by Crippen LogP contribution is 2.26. The smallest absolute Gasteiger partial charge is 0.147 e. The largest absolute Gasteiger partial charge is 0.380 e. The van der Waals surface area contributed by atoms with E-state index in [0.29, 0.717) is 11.7 Å². The van der Waals surface area contributed by atoms with Crippen LogP contribution in [-0.4, -0.2) is 25.0 Å². The fourth-order valence-corrected chi connectivity index (χ4v) is 1.95. The minimum Gasteiger partial charge on any atom is -0.380 e. The summed E-state index contributed by atoms with van der Waals surface area (Å²) in [5, 5.41) is 6.38. The van der Waals surface area contributed by atoms with Gasteiger partial charge >= 0.3 is 0 Å². The number of halogens is 1. The Morgan fingerprint density at radius 1 is 1.35 bits per heavy atom. The second-order valence-corrected chi connectivity index (χ2v) is 4.62. The fraction of sp³-hybridized carbons (Fsp3) is 0.462. The lowest BCUT2D eigenvalue weighted by molar-refractivity contribution is 0.629. The number of rotatable bonds is 3. The molecule has 0 unspecified atom stereocenters. The van der Waals surface area contributed by atoms with Gasteiger partial charge in [-0.3, -0.25) is 4.99 Å². The molecule has 1 fully saturated rings. The second-order valence-electron chi connectivity index (χ2n) is 4.62. The molecule has 0 atom stereocenters. The Bertz CT molecular complexity index is 452. The van der Waals surface area contributed by atoms with Crippen molar-refractivity contribution in [1.82, 2.24) is 5.32 Å². The Hall–Kier alpha value is -1.58. The molecule has 17 heavy (non-hydrogen) atoms. The Labute approximate surface area is 100 Å². The number of nitrogens with zero attached hydrogens (tertiary/aromatic N) is 1. The van der Waals surface area contributed by atoms with E-state index in [9.17, 15) is 4.39 Å². The number of nitrogens with one attached hydrogen (secondary N) is 2. The lowest BCUT2D eigenvalue weighted by Crippen LogP contribution is -2.30. The molecular weight excluding hydrogens is 217 g/mol. The van der Waals surface area contributed by atoms with Gasteiger partial charge in [-0.05, 0) is 37.5 Å². The van der Waals surface area contributed by atoms with Gasteiger partial charge in [0.2, 0.25) is 0 Å². The molecule has 1 heterocycles. The molecule has 3 nitrogen and oxygen atoms in total. The van der Waals surface area contributed by atoms with Crippen molar-refractivity contribution in [1.29, 1.82) is 0 Å². The van der Waals surface area contributed by atoms with Crippen LogP contribution in [0.4, 0.5) is 10.1 Å². The van der Waals surface area contributed by atoms with Gasteiger partial charge in [-0.1, -0.05) is 0 Å². The standard InChI is InChI=1S/C13H16FN3/c14-11-8-9(13-15-6-1-7-16-13)2-5-12(11)17-10-3-4-10/h2,5,8,10,17H,1,3-4,6-7H2,(H,15,16). The molecule has 1 saturated carbocycles. The molecule has 1 aliphatic carbocycles. The van der Waals surface area contributed by atoms with Gasteiger partial charge in [0.1, 0.15) is 11.7 Å². The van der Waals surface area contributed by atoms with Gasteiger partial charge in [0.05, 0.1) is 5.69 Å². The molecule has 0 radical (unpaired) electrons. The van der Waals surface area contributed by atoms with Gasteiger partial charge in [-0.25, -0.2) is 4.39 Å². The third-order valence-corrected chi connectivity index (χ3v) is 3.08. The molecule has 4 heteroatoms. The fourth-order valence-electron chi connectivity index (χ4n) is 1.95. The van der Waals surface area contributed by atoms with Crippen LogP contribution in [0, 0.1) is 5.82 Å². The second kappa shape index (κ2) is 4.35. The van der Waals surface area contributed by atoms with E-state index in [4.69, 9.17) is 0 Å². The van der Waals surface area contributed by atoms with Gasteiger partial charge in [-0.15, -0.1) is 0 Å². The summed E-state index contributed by atoms with van der Waals surface area (Å²) < 4.78 is 13.8. The van der Waals surface area contributed by atoms with Crippen molar-refractivity contribution in [3.05, 3.63) is 29.6 Å². The molecule has 3 rings (SSSR count). The summed E-state index contributed by atoms with van der Waals surface area (Å²) in [6.07, 6.45) is 3.35. The van der Waals surface area contributed by atoms with Gasteiger partial charge in [0.25, 0.3) is 0 Å². The van der Waals surface area contributed by atoms with Gasteiger partial charge in [0.15, 0.2) is 0 Å². The van der Waals surface area contributed by atoms with Crippen molar-refractivity contribution in [2.45, 2.75) is 25.3 Å². The van der Waals surface area contributed by atoms with Crippen molar-refractivity contribution in [2.24, 2.45) is 4.99 Å². The number of amidine groups is 1. The first-order chi connectivity index (χ1) is 8.33. The van der Waals surface area contributed by atoms with E-state index in [1.165, 1.54) is 0 Å². The van der Waals surface area contributed by atoms with Crippen LogP contribution < -0.4 is 10.6 Å². The Kier molecular flexibility index (Phi) is 2.71. The highest BCUT2D eigenvalue weighted by molar-refractivity contribution is 5.99. The third kappa shape index (κ3) is 2.40. The molecule has 1 aromatic carbocycles. The van der Waals surface area contributed by atoms with E-state index in [1.54, 1.807) is 6.07 Å². The number of aliphatic imine (C=N–C) groups is 1. The summed E-state index contributed by atoms with van der Waals surface area (Å²) >= 11 is 0. The molecule has 0 aromatic heterocycles. The van der Waals surface area contributed by atoms with Crippen LogP contribution in [0.25, 0.3) is 0 Å². The lowest BCUT2D eigenvalue weighted by Gasteiger charge is -2.15. The van der Waals surface area contributed by atoms with Crippen LogP contribution in [0.3, 0.4) is 0 Å². The Morgan fingerprint density at radius 2 is 2.24 bits per heavy atom. The zero-order chi connectivity index (χ0) is 11.7. The van der Waals surface area contributed by atoms with E-state index in [0.717, 1.165) is 43.8 Å². The maximum atomic E-state index is 13.8. The summed E-state index contributed by atoms with van der Waals surface area (Å²) in [5.74, 6) is 0.623. The molecule has 1 aliphatic heterocycles. The SMILES string of the molecule is Fc1cc(C2=NCCCN2)ccc1NC1CC1. The van der Waals surface area contributed by atoms with Crippen LogP contribution >= 0.6 is 0 Å². The minimum absolute atomic E-state index is 0.190. The van der Waals surface area contributed by atoms with Gasteiger partial charge in [-0.2, -0.15) is 0 Å². The third-order valence-electron chi connectivity index (χ3n) is 3.08. The lowest BCUT2D eigenvalue weighted by atomic mass is 10.1. The highest BCUT2D eigenvalue weighted by atomic mass is 19.1. The summed E-state index contributed by atoms with van der Waals surface area (Å²) in [6.45, 7) is 1.74. The van der Waals surface area contributed by atoms with E-state index in [2.05, 4.69) is 15.6 Å². The maximum absolute atomic E-state index is 13.8. The first-order valence-corrected chi connectivity index (χ1v) is 6.18. The van der Waals surface area contributed by atoms with E-state index < -0.39 is 0 Å². The molecule has 1 aromatic rings. The number of benzene rings is 1. The van der Waals surface area contributed by atoms with Crippen LogP contribution in [0.5, 0.6) is 0 Å². The zero-order valence-corrected chi connectivity index (χ0v) is 9.67. The van der Waals surface area contributed by atoms with Crippen LogP contribution in [0.15, 0.2) is 23.2 Å². The Balaban J connectivity index is 1.81. The predicted molar refractivity (Wildman–Crippen MR) is 67.1 cm³/mol. The molecule has 0 spiro atoms. The first-order valence-electron chi connectivity index (χ1n) is 6.18. The van der Waals surface area contributed by atoms with E-state index >= 15 is 0 Å². The molecule has 90 valence electrons. The first kappa shape index (κ1) is 10.6. The number of hydrogen-bond acceptors (Lipinski definition) is 3. The van der Waals surface area contributed by atoms with E-state index in [1.807, 2.05) is 12.1 Å². The summed E-state index contributed by atoms with van der Waals surface area (Å²) in [5.41, 5.74) is 1.44. The minimum atomic E-state index is -0.190. The monoisotopic (exact) mass is 233 g/mol. The molecule has 2 aliphatic rings. The molecule has 0 saturated heterocycles. The number of hydrogen-bond donors (Lipinski definition) is 2. The van der Waals surface area contributed by atoms with Crippen molar-refractivity contribution in [3.8, 4) is 0 Å². The van der Waals surface area contributed by atoms with Crippen molar-refractivity contribution < 1.29 is 4.39 Å². The average Bonchev–Trinajstić information content (AvgIpc) is 3.17. The van der Waals surface area contributed by atoms with E-state index in [-0.39, 0.29) is 5.82 Å². The normalized spacial score (nSPS) is 19.5. The van der Waals surface area contributed by atoms with Crippen LogP contribution in [-0.2, 0) is 0 Å². The molecular formula is C13H16FN3. The molecule has 0 amide bonds. The number of anilines is 1. The summed E-state index contributed by atoms with van der Waals surface area (Å²) in [7, 11) is 0. The Morgan fingerprint density at radius 3 is 2.88 bits per heavy atom. The maximum Gasteiger partial charge on any atom is 0.147 e. The summed E-state index contributed by atoms with van der Waals surface area (Å²) in [4.78, 5) is 4.36. The van der Waals surface area contributed by atoms with Crippen LogP contribution in [0.1, 0.15) is 24.8 Å². The van der Waals surface area contributed by atoms with Crippen molar-refractivity contribution in [2.75, 3.05) is 18.4 Å². The van der Waals surface area contributed by atoms with Crippen LogP contribution in [0.2, 0.25) is 0 Å². The molecule has 0 bridgehead atoms. The topological polar surface area (TPSA) is 36.4 Å². The zero-order valence-electron chi connectivity index (χ0n) is 9.67. The molecule has 2 N–H and O–H groups in total. The van der Waals surface area contributed by atoms with Crippen molar-refractivity contribution >= 4 is 11.5 Å². The van der Waals surface area contributed by atoms with Crippen molar-refractivity contribution in [3.63, 3.8) is 0 Å².